The molecule has 4 aromatic rings. The fraction of sp³-hybridized carbons (Fsp3) is 0.154. The zero-order valence-electron chi connectivity index (χ0n) is 17.4. The van der Waals surface area contributed by atoms with Crippen LogP contribution in [-0.2, 0) is 0 Å². The van der Waals surface area contributed by atoms with E-state index >= 15 is 0 Å². The molecule has 31 heavy (non-hydrogen) atoms. The van der Waals surface area contributed by atoms with Crippen molar-refractivity contribution in [2.24, 2.45) is 0 Å². The Bertz CT molecular complexity index is 1310. The summed E-state index contributed by atoms with van der Waals surface area (Å²) in [5.74, 6) is -0.820. The lowest BCUT2D eigenvalue weighted by Crippen LogP contribution is -2.32. The highest BCUT2D eigenvalue weighted by molar-refractivity contribution is 6.08. The van der Waals surface area contributed by atoms with Crippen molar-refractivity contribution in [2.45, 2.75) is 26.3 Å². The normalized spacial score (nSPS) is 12.0. The number of carbonyl (C=O) groups excluding carboxylic acids is 1. The van der Waals surface area contributed by atoms with Crippen LogP contribution < -0.4 is 10.9 Å². The Labute approximate surface area is 180 Å². The molecule has 0 aliphatic carbocycles. The summed E-state index contributed by atoms with van der Waals surface area (Å²) in [6.45, 7) is 3.68. The van der Waals surface area contributed by atoms with Gasteiger partial charge in [-0.3, -0.25) is 14.2 Å². The Kier molecular flexibility index (Phi) is 5.67. The van der Waals surface area contributed by atoms with Gasteiger partial charge in [-0.15, -0.1) is 0 Å². The number of rotatable bonds is 5. The molecule has 4 nitrogen and oxygen atoms in total. The maximum absolute atomic E-state index is 14.6. The number of halogens is 1. The summed E-state index contributed by atoms with van der Waals surface area (Å²) in [6.07, 6.45) is 0.708. The summed E-state index contributed by atoms with van der Waals surface area (Å²) >= 11 is 0. The number of hydrogen-bond donors (Lipinski definition) is 1. The Morgan fingerprint density at radius 2 is 1.55 bits per heavy atom. The topological polar surface area (TPSA) is 51.1 Å². The van der Waals surface area contributed by atoms with Crippen LogP contribution in [0, 0.1) is 12.7 Å². The largest absolute Gasteiger partial charge is 0.345 e. The molecule has 0 fully saturated rings. The molecule has 0 saturated heterocycles. The van der Waals surface area contributed by atoms with Gasteiger partial charge >= 0.3 is 0 Å². The lowest BCUT2D eigenvalue weighted by atomic mass is 10.0. The molecule has 0 bridgehead atoms. The van der Waals surface area contributed by atoms with Crippen LogP contribution in [0.5, 0.6) is 0 Å². The molecule has 1 heterocycles. The zero-order chi connectivity index (χ0) is 22.0. The first-order valence-corrected chi connectivity index (χ1v) is 10.3. The van der Waals surface area contributed by atoms with Crippen molar-refractivity contribution in [3.8, 4) is 5.69 Å². The average molecular weight is 414 g/mol. The molecular formula is C26H23FN2O2. The molecule has 3 aromatic carbocycles. The fourth-order valence-corrected chi connectivity index (χ4v) is 4.01. The van der Waals surface area contributed by atoms with Crippen LogP contribution in [0.25, 0.3) is 16.5 Å². The third-order valence-electron chi connectivity index (χ3n) is 5.56. The first kappa shape index (κ1) is 20.5. The quantitative estimate of drug-likeness (QED) is 0.481. The van der Waals surface area contributed by atoms with E-state index in [4.69, 9.17) is 0 Å². The molecule has 1 aromatic heterocycles. The minimum absolute atomic E-state index is 0.125. The third-order valence-corrected chi connectivity index (χ3v) is 5.56. The molecule has 1 atom stereocenters. The van der Waals surface area contributed by atoms with Crippen LogP contribution >= 0.6 is 0 Å². The minimum atomic E-state index is -0.523. The Morgan fingerprint density at radius 3 is 2.23 bits per heavy atom. The van der Waals surface area contributed by atoms with Crippen LogP contribution in [0.1, 0.15) is 41.0 Å². The monoisotopic (exact) mass is 414 g/mol. The van der Waals surface area contributed by atoms with Crippen LogP contribution in [0.4, 0.5) is 4.39 Å². The number of amides is 1. The molecule has 4 rings (SSSR count). The Hall–Kier alpha value is -3.73. The fourth-order valence-electron chi connectivity index (χ4n) is 4.01. The summed E-state index contributed by atoms with van der Waals surface area (Å²) in [5, 5.41) is 4.02. The summed E-state index contributed by atoms with van der Waals surface area (Å²) in [6, 6.07) is 22.6. The van der Waals surface area contributed by atoms with Gasteiger partial charge in [0.1, 0.15) is 5.82 Å². The van der Waals surface area contributed by atoms with Crippen molar-refractivity contribution in [1.82, 2.24) is 9.88 Å². The highest BCUT2D eigenvalue weighted by Crippen LogP contribution is 2.25. The standard InChI is InChI=1S/C26H23FN2O2/c1-3-22(18-11-5-4-6-12-18)28-25(30)24-17(2)29(23-16-10-9-15-21(23)27)26(31)20-14-8-7-13-19(20)24/h4-16,22H,3H2,1-2H3,(H,28,30)/t22-/m0/s1. The van der Waals surface area contributed by atoms with E-state index in [0.29, 0.717) is 28.5 Å². The number of carbonyl (C=O) groups is 1. The number of aromatic nitrogens is 1. The summed E-state index contributed by atoms with van der Waals surface area (Å²) < 4.78 is 15.9. The van der Waals surface area contributed by atoms with Gasteiger partial charge in [0.05, 0.1) is 17.3 Å². The van der Waals surface area contributed by atoms with Gasteiger partial charge in [0, 0.05) is 16.5 Å². The SMILES string of the molecule is CC[C@H](NC(=O)c1c(C)n(-c2ccccc2F)c(=O)c2ccccc12)c1ccccc1. The van der Waals surface area contributed by atoms with Gasteiger partial charge < -0.3 is 5.32 Å². The molecule has 0 saturated carbocycles. The van der Waals surface area contributed by atoms with Crippen LogP contribution in [0.15, 0.2) is 83.7 Å². The van der Waals surface area contributed by atoms with E-state index < -0.39 is 5.82 Å². The van der Waals surface area contributed by atoms with Gasteiger partial charge in [-0.2, -0.15) is 0 Å². The van der Waals surface area contributed by atoms with Gasteiger partial charge in [-0.05, 0) is 37.1 Å². The first-order chi connectivity index (χ1) is 15.0. The zero-order valence-corrected chi connectivity index (χ0v) is 17.4. The predicted octanol–water partition coefficient (Wildman–Crippen LogP) is 5.32. The maximum atomic E-state index is 14.6. The van der Waals surface area contributed by atoms with Crippen molar-refractivity contribution >= 4 is 16.7 Å². The lowest BCUT2D eigenvalue weighted by Gasteiger charge is -2.21. The number of benzene rings is 3. The highest BCUT2D eigenvalue weighted by atomic mass is 19.1. The maximum Gasteiger partial charge on any atom is 0.263 e. The summed E-state index contributed by atoms with van der Waals surface area (Å²) in [7, 11) is 0. The average Bonchev–Trinajstić information content (AvgIpc) is 2.79. The van der Waals surface area contributed by atoms with Gasteiger partial charge in [0.25, 0.3) is 11.5 Å². The molecule has 0 spiro atoms. The Balaban J connectivity index is 1.90. The van der Waals surface area contributed by atoms with Crippen LogP contribution in [0.2, 0.25) is 0 Å². The van der Waals surface area contributed by atoms with E-state index in [1.54, 1.807) is 49.4 Å². The van der Waals surface area contributed by atoms with Gasteiger partial charge in [-0.1, -0.05) is 67.6 Å². The van der Waals surface area contributed by atoms with Crippen molar-refractivity contribution in [3.05, 3.63) is 112 Å². The number of pyridine rings is 1. The molecular weight excluding hydrogens is 391 g/mol. The lowest BCUT2D eigenvalue weighted by molar-refractivity contribution is 0.0936. The van der Waals surface area contributed by atoms with E-state index in [1.807, 2.05) is 37.3 Å². The molecule has 0 unspecified atom stereocenters. The second-order valence-electron chi connectivity index (χ2n) is 7.44. The van der Waals surface area contributed by atoms with Crippen molar-refractivity contribution in [1.29, 1.82) is 0 Å². The predicted molar refractivity (Wildman–Crippen MR) is 121 cm³/mol. The van der Waals surface area contributed by atoms with Crippen LogP contribution in [-0.4, -0.2) is 10.5 Å². The summed E-state index contributed by atoms with van der Waals surface area (Å²) in [4.78, 5) is 26.7. The molecule has 0 radical (unpaired) electrons. The number of para-hydroxylation sites is 1. The molecule has 156 valence electrons. The van der Waals surface area contributed by atoms with Crippen molar-refractivity contribution < 1.29 is 9.18 Å². The van der Waals surface area contributed by atoms with Crippen molar-refractivity contribution in [2.75, 3.05) is 0 Å². The second-order valence-corrected chi connectivity index (χ2v) is 7.44. The molecule has 0 aliphatic rings. The molecule has 1 amide bonds. The number of fused-ring (bicyclic) bond motifs is 1. The summed E-state index contributed by atoms with van der Waals surface area (Å²) in [5.41, 5.74) is 1.54. The van der Waals surface area contributed by atoms with E-state index in [-0.39, 0.29) is 23.2 Å². The van der Waals surface area contributed by atoms with E-state index in [1.165, 1.54) is 10.6 Å². The van der Waals surface area contributed by atoms with E-state index in [9.17, 15) is 14.0 Å². The minimum Gasteiger partial charge on any atom is -0.345 e. The second kappa shape index (κ2) is 8.56. The number of nitrogens with zero attached hydrogens (tertiary/aromatic N) is 1. The van der Waals surface area contributed by atoms with Crippen molar-refractivity contribution in [3.63, 3.8) is 0 Å². The highest BCUT2D eigenvalue weighted by Gasteiger charge is 2.23. The van der Waals surface area contributed by atoms with E-state index in [2.05, 4.69) is 5.32 Å². The molecule has 5 heteroatoms. The van der Waals surface area contributed by atoms with E-state index in [0.717, 1.165) is 5.56 Å². The first-order valence-electron chi connectivity index (χ1n) is 10.3. The molecule has 0 aliphatic heterocycles. The molecule has 1 N–H and O–H groups in total. The van der Waals surface area contributed by atoms with Gasteiger partial charge in [-0.25, -0.2) is 4.39 Å². The van der Waals surface area contributed by atoms with Gasteiger partial charge in [0.2, 0.25) is 0 Å². The number of nitrogens with one attached hydrogen (secondary N) is 1. The van der Waals surface area contributed by atoms with Gasteiger partial charge in [0.15, 0.2) is 0 Å². The number of hydrogen-bond acceptors (Lipinski definition) is 2. The smallest absolute Gasteiger partial charge is 0.263 e. The van der Waals surface area contributed by atoms with Crippen LogP contribution in [0.3, 0.4) is 0 Å². The Morgan fingerprint density at radius 1 is 0.935 bits per heavy atom. The third kappa shape index (κ3) is 3.75.